The van der Waals surface area contributed by atoms with Crippen molar-refractivity contribution < 1.29 is 9.90 Å². The van der Waals surface area contributed by atoms with Crippen LogP contribution in [0.25, 0.3) is 0 Å². The van der Waals surface area contributed by atoms with Crippen molar-refractivity contribution in [1.82, 2.24) is 24.5 Å². The van der Waals surface area contributed by atoms with Crippen LogP contribution in [0.5, 0.6) is 0 Å². The average Bonchev–Trinajstić information content (AvgIpc) is 2.78. The maximum atomic E-state index is 10.9. The van der Waals surface area contributed by atoms with Crippen LogP contribution in [-0.4, -0.2) is 35.6 Å². The summed E-state index contributed by atoms with van der Waals surface area (Å²) in [6.45, 7) is 0.345. The zero-order chi connectivity index (χ0) is 10.8. The third kappa shape index (κ3) is 1.71. The summed E-state index contributed by atoms with van der Waals surface area (Å²) in [5.74, 6) is -0.988. The minimum atomic E-state index is -0.988. The van der Waals surface area contributed by atoms with Crippen LogP contribution >= 0.6 is 0 Å². The van der Waals surface area contributed by atoms with Crippen LogP contribution < -0.4 is 0 Å². The van der Waals surface area contributed by atoms with Gasteiger partial charge in [-0.1, -0.05) is 0 Å². The normalized spacial score (nSPS) is 10.5. The highest BCUT2D eigenvalue weighted by atomic mass is 16.4. The number of hydrogen-bond acceptors (Lipinski definition) is 4. The van der Waals surface area contributed by atoms with Crippen LogP contribution in [0.4, 0.5) is 0 Å². The first kappa shape index (κ1) is 9.38. The van der Waals surface area contributed by atoms with E-state index in [9.17, 15) is 4.79 Å². The second kappa shape index (κ2) is 3.52. The van der Waals surface area contributed by atoms with Crippen molar-refractivity contribution in [3.05, 3.63) is 30.1 Å². The van der Waals surface area contributed by atoms with Gasteiger partial charge in [0.05, 0.1) is 18.4 Å². The third-order valence-corrected chi connectivity index (χ3v) is 2.07. The molecule has 0 saturated heterocycles. The molecule has 2 heterocycles. The Kier molecular flexibility index (Phi) is 2.20. The molecular formula is C8H9N5O2. The third-order valence-electron chi connectivity index (χ3n) is 2.07. The van der Waals surface area contributed by atoms with E-state index >= 15 is 0 Å². The minimum Gasteiger partial charge on any atom is -0.478 e. The van der Waals surface area contributed by atoms with Gasteiger partial charge in [-0.15, -0.1) is 0 Å². The minimum absolute atomic E-state index is 0.188. The molecule has 0 unspecified atom stereocenters. The van der Waals surface area contributed by atoms with Crippen molar-refractivity contribution in [2.75, 3.05) is 0 Å². The first-order valence-corrected chi connectivity index (χ1v) is 4.25. The fraction of sp³-hybridized carbons (Fsp3) is 0.250. The SMILES string of the molecule is Cn1ncc(C(=O)O)c1Cn1cncn1. The van der Waals surface area contributed by atoms with Gasteiger partial charge < -0.3 is 5.11 Å². The fourth-order valence-electron chi connectivity index (χ4n) is 1.30. The zero-order valence-corrected chi connectivity index (χ0v) is 8.03. The predicted molar refractivity (Wildman–Crippen MR) is 49.3 cm³/mol. The van der Waals surface area contributed by atoms with E-state index in [2.05, 4.69) is 15.2 Å². The topological polar surface area (TPSA) is 85.8 Å². The van der Waals surface area contributed by atoms with Crippen molar-refractivity contribution in [3.8, 4) is 0 Å². The molecule has 2 aromatic heterocycles. The van der Waals surface area contributed by atoms with Gasteiger partial charge in [0.15, 0.2) is 0 Å². The van der Waals surface area contributed by atoms with Gasteiger partial charge in [0.25, 0.3) is 0 Å². The van der Waals surface area contributed by atoms with Gasteiger partial charge in [0.2, 0.25) is 0 Å². The molecule has 2 rings (SSSR count). The van der Waals surface area contributed by atoms with Crippen LogP contribution in [0, 0.1) is 0 Å². The van der Waals surface area contributed by atoms with Crippen molar-refractivity contribution in [3.63, 3.8) is 0 Å². The Morgan fingerprint density at radius 1 is 1.53 bits per heavy atom. The number of aromatic nitrogens is 5. The second-order valence-corrected chi connectivity index (χ2v) is 3.03. The van der Waals surface area contributed by atoms with Gasteiger partial charge in [-0.3, -0.25) is 4.68 Å². The smallest absolute Gasteiger partial charge is 0.339 e. The molecule has 0 aliphatic rings. The molecule has 0 spiro atoms. The van der Waals surface area contributed by atoms with Crippen molar-refractivity contribution >= 4 is 5.97 Å². The van der Waals surface area contributed by atoms with Crippen LogP contribution in [-0.2, 0) is 13.6 Å². The van der Waals surface area contributed by atoms with E-state index in [1.54, 1.807) is 11.7 Å². The molecule has 2 aromatic rings. The maximum absolute atomic E-state index is 10.9. The Bertz CT molecular complexity index is 473. The summed E-state index contributed by atoms with van der Waals surface area (Å²) in [6, 6.07) is 0. The quantitative estimate of drug-likeness (QED) is 0.750. The van der Waals surface area contributed by atoms with Gasteiger partial charge in [0, 0.05) is 7.05 Å². The summed E-state index contributed by atoms with van der Waals surface area (Å²) in [5.41, 5.74) is 0.779. The average molecular weight is 207 g/mol. The second-order valence-electron chi connectivity index (χ2n) is 3.03. The summed E-state index contributed by atoms with van der Waals surface area (Å²) in [5, 5.41) is 16.7. The Hall–Kier alpha value is -2.18. The molecule has 0 aliphatic heterocycles. The van der Waals surface area contributed by atoms with Crippen LogP contribution in [0.3, 0.4) is 0 Å². The molecule has 0 atom stereocenters. The highest BCUT2D eigenvalue weighted by Gasteiger charge is 2.15. The summed E-state index contributed by atoms with van der Waals surface area (Å²) in [6.07, 6.45) is 4.25. The number of rotatable bonds is 3. The van der Waals surface area contributed by atoms with Crippen molar-refractivity contribution in [1.29, 1.82) is 0 Å². The largest absolute Gasteiger partial charge is 0.478 e. The number of nitrogens with zero attached hydrogens (tertiary/aromatic N) is 5. The highest BCUT2D eigenvalue weighted by molar-refractivity contribution is 5.88. The van der Waals surface area contributed by atoms with Crippen molar-refractivity contribution in [2.24, 2.45) is 7.05 Å². The van der Waals surface area contributed by atoms with Gasteiger partial charge in [-0.25, -0.2) is 14.5 Å². The molecular weight excluding hydrogens is 198 g/mol. The Labute approximate surface area is 85.0 Å². The number of carboxylic acid groups (broad SMARTS) is 1. The lowest BCUT2D eigenvalue weighted by Gasteiger charge is -2.02. The predicted octanol–water partition coefficient (Wildman–Crippen LogP) is -0.242. The van der Waals surface area contributed by atoms with Gasteiger partial charge in [-0.2, -0.15) is 10.2 Å². The fourth-order valence-corrected chi connectivity index (χ4v) is 1.30. The van der Waals surface area contributed by atoms with E-state index in [0.717, 1.165) is 0 Å². The first-order chi connectivity index (χ1) is 7.18. The molecule has 78 valence electrons. The molecule has 0 fully saturated rings. The molecule has 7 nitrogen and oxygen atoms in total. The molecule has 0 aromatic carbocycles. The van der Waals surface area contributed by atoms with E-state index in [4.69, 9.17) is 5.11 Å². The lowest BCUT2D eigenvalue weighted by molar-refractivity contribution is 0.0695. The van der Waals surface area contributed by atoms with Gasteiger partial charge >= 0.3 is 5.97 Å². The van der Waals surface area contributed by atoms with Crippen LogP contribution in [0.15, 0.2) is 18.9 Å². The van der Waals surface area contributed by atoms with E-state index in [0.29, 0.717) is 12.2 Å². The summed E-state index contributed by atoms with van der Waals surface area (Å²) in [7, 11) is 1.69. The molecule has 7 heteroatoms. The molecule has 0 aliphatic carbocycles. The number of aromatic carboxylic acids is 1. The summed E-state index contributed by atoms with van der Waals surface area (Å²) < 4.78 is 3.06. The van der Waals surface area contributed by atoms with E-state index in [-0.39, 0.29) is 5.56 Å². The maximum Gasteiger partial charge on any atom is 0.339 e. The zero-order valence-electron chi connectivity index (χ0n) is 8.03. The molecule has 0 bridgehead atoms. The van der Waals surface area contributed by atoms with Gasteiger partial charge in [-0.05, 0) is 0 Å². The van der Waals surface area contributed by atoms with Crippen LogP contribution in [0.1, 0.15) is 16.1 Å². The Morgan fingerprint density at radius 3 is 2.93 bits per heavy atom. The lowest BCUT2D eigenvalue weighted by Crippen LogP contribution is -2.10. The number of carbonyl (C=O) groups is 1. The van der Waals surface area contributed by atoms with Gasteiger partial charge in [0.1, 0.15) is 18.2 Å². The number of carboxylic acids is 1. The molecule has 0 amide bonds. The molecule has 0 radical (unpaired) electrons. The monoisotopic (exact) mass is 207 g/mol. The first-order valence-electron chi connectivity index (χ1n) is 4.25. The highest BCUT2D eigenvalue weighted by Crippen LogP contribution is 2.08. The van der Waals surface area contributed by atoms with E-state index in [1.807, 2.05) is 0 Å². The van der Waals surface area contributed by atoms with E-state index < -0.39 is 5.97 Å². The Balaban J connectivity index is 2.35. The van der Waals surface area contributed by atoms with Crippen molar-refractivity contribution in [2.45, 2.75) is 6.54 Å². The molecule has 15 heavy (non-hydrogen) atoms. The summed E-state index contributed by atoms with van der Waals surface area (Å²) >= 11 is 0. The molecule has 0 saturated carbocycles. The lowest BCUT2D eigenvalue weighted by atomic mass is 10.2. The Morgan fingerprint density at radius 2 is 2.33 bits per heavy atom. The molecule has 1 N–H and O–H groups in total. The number of aryl methyl sites for hydroxylation is 1. The number of hydrogen-bond donors (Lipinski definition) is 1. The standard InChI is InChI=1S/C8H9N5O2/c1-12-7(3-13-5-9-4-11-13)6(2-10-12)8(14)15/h2,4-5H,3H2,1H3,(H,14,15). The summed E-state index contributed by atoms with van der Waals surface area (Å²) in [4.78, 5) is 14.6. The van der Waals surface area contributed by atoms with Crippen LogP contribution in [0.2, 0.25) is 0 Å². The van der Waals surface area contributed by atoms with E-state index in [1.165, 1.54) is 23.5 Å².